The summed E-state index contributed by atoms with van der Waals surface area (Å²) in [7, 11) is 0. The van der Waals surface area contributed by atoms with Crippen molar-refractivity contribution < 1.29 is 26.3 Å². The zero-order chi connectivity index (χ0) is 23.4. The molecular formula is C24H12F6N2S. The van der Waals surface area contributed by atoms with Gasteiger partial charge in [-0.15, -0.1) is 21.5 Å². The summed E-state index contributed by atoms with van der Waals surface area (Å²) in [6, 6.07) is 16.0. The molecule has 0 saturated heterocycles. The van der Waals surface area contributed by atoms with Crippen LogP contribution in [-0.4, -0.2) is 10.2 Å². The highest BCUT2D eigenvalue weighted by atomic mass is 32.1. The molecule has 0 radical (unpaired) electrons. The maximum Gasteiger partial charge on any atom is 0.417 e. The van der Waals surface area contributed by atoms with E-state index in [1.54, 1.807) is 18.2 Å². The van der Waals surface area contributed by atoms with Gasteiger partial charge in [-0.05, 0) is 46.5 Å². The lowest BCUT2D eigenvalue weighted by molar-refractivity contribution is -0.142. The van der Waals surface area contributed by atoms with Crippen molar-refractivity contribution in [1.82, 2.24) is 10.2 Å². The molecule has 0 fully saturated rings. The molecule has 0 amide bonds. The van der Waals surface area contributed by atoms with Crippen LogP contribution in [0.2, 0.25) is 0 Å². The number of nitrogens with zero attached hydrogens (tertiary/aromatic N) is 2. The van der Waals surface area contributed by atoms with E-state index in [0.29, 0.717) is 22.5 Å². The lowest BCUT2D eigenvalue weighted by Crippen LogP contribution is -2.12. The number of rotatable bonds is 2. The molecule has 166 valence electrons. The van der Waals surface area contributed by atoms with Crippen molar-refractivity contribution in [3.05, 3.63) is 83.2 Å². The van der Waals surface area contributed by atoms with Crippen LogP contribution in [0.5, 0.6) is 0 Å². The first kappa shape index (κ1) is 21.4. The molecule has 0 aliphatic rings. The molecule has 9 heteroatoms. The molecule has 5 aromatic rings. The van der Waals surface area contributed by atoms with Crippen LogP contribution in [0.4, 0.5) is 26.3 Å². The quantitative estimate of drug-likeness (QED) is 0.190. The highest BCUT2D eigenvalue weighted by molar-refractivity contribution is 7.13. The van der Waals surface area contributed by atoms with Crippen molar-refractivity contribution in [2.75, 3.05) is 0 Å². The first-order chi connectivity index (χ1) is 15.6. The average Bonchev–Trinajstić information content (AvgIpc) is 3.30. The number of benzene rings is 3. The third-order valence-corrected chi connectivity index (χ3v) is 6.18. The summed E-state index contributed by atoms with van der Waals surface area (Å²) in [5.74, 6) is 0. The Kier molecular flexibility index (Phi) is 4.89. The van der Waals surface area contributed by atoms with E-state index in [0.717, 1.165) is 21.7 Å². The van der Waals surface area contributed by atoms with Gasteiger partial charge >= 0.3 is 12.4 Å². The summed E-state index contributed by atoms with van der Waals surface area (Å²) in [6.45, 7) is 0. The van der Waals surface area contributed by atoms with E-state index in [1.165, 1.54) is 11.3 Å². The van der Waals surface area contributed by atoms with Gasteiger partial charge in [0.05, 0.1) is 16.0 Å². The largest absolute Gasteiger partial charge is 0.417 e. The molecule has 0 bridgehead atoms. The number of alkyl halides is 6. The van der Waals surface area contributed by atoms with Crippen LogP contribution in [0.3, 0.4) is 0 Å². The van der Waals surface area contributed by atoms with Gasteiger partial charge < -0.3 is 0 Å². The topological polar surface area (TPSA) is 25.8 Å². The Morgan fingerprint density at radius 3 is 1.85 bits per heavy atom. The zero-order valence-electron chi connectivity index (χ0n) is 16.5. The molecule has 0 aliphatic heterocycles. The molecule has 2 nitrogen and oxygen atoms in total. The molecule has 0 spiro atoms. The number of thiophene rings is 1. The normalized spacial score (nSPS) is 12.5. The molecule has 0 aliphatic carbocycles. The Balaban J connectivity index is 1.86. The highest BCUT2D eigenvalue weighted by Gasteiger charge is 2.39. The molecule has 33 heavy (non-hydrogen) atoms. The monoisotopic (exact) mass is 474 g/mol. The van der Waals surface area contributed by atoms with E-state index in [9.17, 15) is 26.3 Å². The van der Waals surface area contributed by atoms with Crippen molar-refractivity contribution in [3.63, 3.8) is 0 Å². The van der Waals surface area contributed by atoms with Gasteiger partial charge in [0.1, 0.15) is 11.4 Å². The fourth-order valence-electron chi connectivity index (χ4n) is 3.80. The highest BCUT2D eigenvalue weighted by Crippen LogP contribution is 2.43. The molecule has 0 N–H and O–H groups in total. The van der Waals surface area contributed by atoms with Crippen LogP contribution in [-0.2, 0) is 12.4 Å². The van der Waals surface area contributed by atoms with E-state index in [4.69, 9.17) is 0 Å². The van der Waals surface area contributed by atoms with Crippen molar-refractivity contribution in [2.45, 2.75) is 12.4 Å². The van der Waals surface area contributed by atoms with Crippen molar-refractivity contribution in [3.8, 4) is 21.8 Å². The molecule has 0 saturated carbocycles. The minimum atomic E-state index is -5.02. The fraction of sp³-hybridized carbons (Fsp3) is 0.0833. The summed E-state index contributed by atoms with van der Waals surface area (Å²) in [6.07, 6.45) is -9.93. The Bertz CT molecular complexity index is 1490. The Morgan fingerprint density at radius 2 is 1.27 bits per heavy atom. The van der Waals surface area contributed by atoms with E-state index in [2.05, 4.69) is 10.2 Å². The second-order valence-corrected chi connectivity index (χ2v) is 8.32. The summed E-state index contributed by atoms with van der Waals surface area (Å²) in [5, 5.41) is 12.7. The number of aromatic nitrogens is 2. The van der Waals surface area contributed by atoms with Crippen LogP contribution < -0.4 is 0 Å². The van der Waals surface area contributed by atoms with Crippen molar-refractivity contribution in [2.24, 2.45) is 0 Å². The lowest BCUT2D eigenvalue weighted by Gasteiger charge is -2.17. The maximum absolute atomic E-state index is 13.8. The van der Waals surface area contributed by atoms with Gasteiger partial charge in [0.25, 0.3) is 0 Å². The van der Waals surface area contributed by atoms with Gasteiger partial charge in [0.15, 0.2) is 0 Å². The number of hydrogen-bond donors (Lipinski definition) is 0. The zero-order valence-corrected chi connectivity index (χ0v) is 17.3. The van der Waals surface area contributed by atoms with Gasteiger partial charge in [0.2, 0.25) is 0 Å². The summed E-state index contributed by atoms with van der Waals surface area (Å²) >= 11 is 1.40. The number of hydrogen-bond acceptors (Lipinski definition) is 3. The van der Waals surface area contributed by atoms with E-state index in [-0.39, 0.29) is 11.8 Å². The van der Waals surface area contributed by atoms with E-state index in [1.807, 2.05) is 35.7 Å². The minimum absolute atomic E-state index is 0.122. The maximum atomic E-state index is 13.8. The smallest absolute Gasteiger partial charge is 0.166 e. The van der Waals surface area contributed by atoms with E-state index >= 15 is 0 Å². The van der Waals surface area contributed by atoms with Crippen LogP contribution in [0, 0.1) is 0 Å². The molecule has 2 heterocycles. The second kappa shape index (κ2) is 7.55. The Morgan fingerprint density at radius 1 is 0.636 bits per heavy atom. The molecular weight excluding hydrogens is 462 g/mol. The van der Waals surface area contributed by atoms with Gasteiger partial charge in [-0.1, -0.05) is 36.4 Å². The van der Waals surface area contributed by atoms with E-state index < -0.39 is 29.0 Å². The summed E-state index contributed by atoms with van der Waals surface area (Å²) in [5.41, 5.74) is -2.88. The van der Waals surface area contributed by atoms with Gasteiger partial charge in [-0.3, -0.25) is 0 Å². The number of fused-ring (bicyclic) bond motifs is 2. The molecule has 3 aromatic carbocycles. The average molecular weight is 474 g/mol. The third kappa shape index (κ3) is 3.82. The van der Waals surface area contributed by atoms with Crippen molar-refractivity contribution >= 4 is 32.9 Å². The predicted octanol–water partition coefficient (Wildman–Crippen LogP) is 8.22. The second-order valence-electron chi connectivity index (χ2n) is 7.38. The van der Waals surface area contributed by atoms with Gasteiger partial charge in [0, 0.05) is 16.3 Å². The van der Waals surface area contributed by atoms with Crippen LogP contribution in [0.15, 0.2) is 72.1 Å². The van der Waals surface area contributed by atoms with Gasteiger partial charge in [-0.2, -0.15) is 26.3 Å². The summed E-state index contributed by atoms with van der Waals surface area (Å²) < 4.78 is 80.9. The molecule has 5 rings (SSSR count). The van der Waals surface area contributed by atoms with Crippen LogP contribution >= 0.6 is 11.3 Å². The predicted molar refractivity (Wildman–Crippen MR) is 116 cm³/mol. The van der Waals surface area contributed by atoms with Crippen LogP contribution in [0.1, 0.15) is 11.1 Å². The van der Waals surface area contributed by atoms with Gasteiger partial charge in [-0.25, -0.2) is 0 Å². The minimum Gasteiger partial charge on any atom is -0.166 e. The summed E-state index contributed by atoms with van der Waals surface area (Å²) in [4.78, 5) is 0.776. The molecule has 2 aromatic heterocycles. The Hall–Kier alpha value is -3.46. The van der Waals surface area contributed by atoms with Crippen molar-refractivity contribution in [1.29, 1.82) is 0 Å². The Labute approximate surface area is 187 Å². The SMILES string of the molecule is FC(F)(F)c1ccc(-c2nnc(-c3cccs3)c3cc4ccccc4cc23)c(C(F)(F)F)c1. The molecule has 0 unspecified atom stereocenters. The standard InChI is InChI=1S/C24H12F6N2S/c25-23(26,27)15-7-8-16(19(12-15)24(28,29)30)21-17-10-13-4-1-2-5-14(13)11-18(17)22(32-31-21)20-6-3-9-33-20/h1-12H. The first-order valence-corrected chi connectivity index (χ1v) is 10.5. The van der Waals surface area contributed by atoms with Crippen LogP contribution in [0.25, 0.3) is 43.4 Å². The third-order valence-electron chi connectivity index (χ3n) is 5.31. The molecule has 0 atom stereocenters. The number of halogens is 6. The fourth-order valence-corrected chi connectivity index (χ4v) is 4.52. The first-order valence-electron chi connectivity index (χ1n) is 9.65. The lowest BCUT2D eigenvalue weighted by atomic mass is 9.95.